The molecule has 1 spiro atoms. The van der Waals surface area contributed by atoms with Gasteiger partial charge in [-0.05, 0) is 44.4 Å². The van der Waals surface area contributed by atoms with Crippen molar-refractivity contribution >= 4 is 18.2 Å². The zero-order chi connectivity index (χ0) is 22.9. The van der Waals surface area contributed by atoms with Gasteiger partial charge in [-0.1, -0.05) is 6.07 Å². The van der Waals surface area contributed by atoms with E-state index in [9.17, 15) is 4.79 Å². The van der Waals surface area contributed by atoms with Gasteiger partial charge in [0.05, 0.1) is 23.9 Å². The van der Waals surface area contributed by atoms with Crippen LogP contribution < -0.4 is 10.2 Å². The standard InChI is InChI=1S/C22H29N5O2.CH2O2/c1-14-8-15(2)27(25-14)11-17-4-5-21(24-9-17)26-12-19-18(10-23-16(3)28)20-6-7-22(19,13-26)29-20;2-1-3/h4-5,8-9,18-20H,6-7,10-13H2,1-3H3,(H,23,28);1H,(H,2,3)/t18-,19+,20+,22+;/m0./s1. The molecule has 3 aliphatic heterocycles. The normalized spacial score (nSPS) is 27.6. The molecule has 2 aromatic rings. The fourth-order valence-corrected chi connectivity index (χ4v) is 5.60. The molecule has 2 bridgehead atoms. The number of amides is 1. The first-order valence-corrected chi connectivity index (χ1v) is 11.1. The molecule has 172 valence electrons. The maximum absolute atomic E-state index is 11.4. The second-order valence-corrected chi connectivity index (χ2v) is 9.06. The van der Waals surface area contributed by atoms with E-state index >= 15 is 0 Å². The van der Waals surface area contributed by atoms with Crippen LogP contribution in [0.2, 0.25) is 0 Å². The second kappa shape index (κ2) is 8.90. The third-order valence-corrected chi connectivity index (χ3v) is 6.94. The minimum absolute atomic E-state index is 0.0385. The number of carboxylic acid groups (broad SMARTS) is 1. The number of carbonyl (C=O) groups is 2. The largest absolute Gasteiger partial charge is 0.483 e. The molecule has 9 heteroatoms. The van der Waals surface area contributed by atoms with E-state index in [4.69, 9.17) is 19.6 Å². The van der Waals surface area contributed by atoms with Crippen molar-refractivity contribution in [1.82, 2.24) is 20.1 Å². The van der Waals surface area contributed by atoms with E-state index in [0.717, 1.165) is 61.8 Å². The smallest absolute Gasteiger partial charge is 0.290 e. The number of nitrogens with one attached hydrogen (secondary N) is 1. The van der Waals surface area contributed by atoms with Crippen molar-refractivity contribution in [2.24, 2.45) is 11.8 Å². The first-order valence-electron chi connectivity index (χ1n) is 11.1. The molecular formula is C23H31N5O4. The van der Waals surface area contributed by atoms with Gasteiger partial charge in [0.25, 0.3) is 6.47 Å². The maximum Gasteiger partial charge on any atom is 0.290 e. The third kappa shape index (κ3) is 4.21. The van der Waals surface area contributed by atoms with Crippen molar-refractivity contribution in [3.8, 4) is 0 Å². The zero-order valence-electron chi connectivity index (χ0n) is 18.8. The van der Waals surface area contributed by atoms with Crippen LogP contribution in [0.25, 0.3) is 0 Å². The van der Waals surface area contributed by atoms with Crippen LogP contribution in [0.5, 0.6) is 0 Å². The van der Waals surface area contributed by atoms with E-state index in [1.54, 1.807) is 6.92 Å². The molecule has 0 unspecified atom stereocenters. The molecule has 0 aliphatic carbocycles. The summed E-state index contributed by atoms with van der Waals surface area (Å²) in [5.41, 5.74) is 3.30. The molecule has 0 radical (unpaired) electrons. The Balaban J connectivity index is 0.000000775. The Bertz CT molecular complexity index is 975. The Hall–Kier alpha value is -2.94. The van der Waals surface area contributed by atoms with Crippen LogP contribution in [0.4, 0.5) is 5.82 Å². The predicted octanol–water partition coefficient (Wildman–Crippen LogP) is 1.76. The average Bonchev–Trinajstić information content (AvgIpc) is 3.47. The van der Waals surface area contributed by atoms with Gasteiger partial charge in [0.1, 0.15) is 5.82 Å². The highest BCUT2D eigenvalue weighted by atomic mass is 16.5. The number of carbonyl (C=O) groups excluding carboxylic acids is 1. The Morgan fingerprint density at radius 2 is 2.19 bits per heavy atom. The monoisotopic (exact) mass is 441 g/mol. The molecule has 2 N–H and O–H groups in total. The van der Waals surface area contributed by atoms with E-state index in [-0.39, 0.29) is 18.0 Å². The van der Waals surface area contributed by atoms with Gasteiger partial charge in [-0.15, -0.1) is 0 Å². The van der Waals surface area contributed by atoms with E-state index in [0.29, 0.717) is 17.9 Å². The highest BCUT2D eigenvalue weighted by molar-refractivity contribution is 5.72. The van der Waals surface area contributed by atoms with Crippen molar-refractivity contribution in [1.29, 1.82) is 0 Å². The van der Waals surface area contributed by atoms with Gasteiger partial charge in [0.15, 0.2) is 0 Å². The van der Waals surface area contributed by atoms with E-state index in [1.807, 2.05) is 17.8 Å². The number of fused-ring (bicyclic) bond motifs is 1. The summed E-state index contributed by atoms with van der Waals surface area (Å²) in [5.74, 6) is 1.92. The molecule has 2 aromatic heterocycles. The van der Waals surface area contributed by atoms with Gasteiger partial charge in [0, 0.05) is 50.3 Å². The summed E-state index contributed by atoms with van der Waals surface area (Å²) in [6, 6.07) is 6.36. The van der Waals surface area contributed by atoms with Crippen molar-refractivity contribution in [2.75, 3.05) is 24.5 Å². The maximum atomic E-state index is 11.4. The fraction of sp³-hybridized carbons (Fsp3) is 0.565. The zero-order valence-corrected chi connectivity index (χ0v) is 18.8. The number of aryl methyl sites for hydroxylation is 2. The van der Waals surface area contributed by atoms with Gasteiger partial charge < -0.3 is 20.1 Å². The third-order valence-electron chi connectivity index (χ3n) is 6.94. The summed E-state index contributed by atoms with van der Waals surface area (Å²) in [5, 5.41) is 14.4. The number of aromatic nitrogens is 3. The molecule has 4 atom stereocenters. The van der Waals surface area contributed by atoms with Crippen LogP contribution >= 0.6 is 0 Å². The number of nitrogens with zero attached hydrogens (tertiary/aromatic N) is 4. The first-order chi connectivity index (χ1) is 15.3. The number of pyridine rings is 1. The summed E-state index contributed by atoms with van der Waals surface area (Å²) < 4.78 is 8.48. The van der Waals surface area contributed by atoms with Crippen molar-refractivity contribution in [3.05, 3.63) is 41.3 Å². The van der Waals surface area contributed by atoms with Gasteiger partial charge in [-0.25, -0.2) is 4.98 Å². The van der Waals surface area contributed by atoms with Gasteiger partial charge >= 0.3 is 0 Å². The summed E-state index contributed by atoms with van der Waals surface area (Å²) in [6.45, 7) is 8.74. The lowest BCUT2D eigenvalue weighted by atomic mass is 9.73. The quantitative estimate of drug-likeness (QED) is 0.681. The number of hydrogen-bond acceptors (Lipinski definition) is 6. The lowest BCUT2D eigenvalue weighted by Gasteiger charge is -2.29. The molecule has 0 saturated carbocycles. The predicted molar refractivity (Wildman–Crippen MR) is 118 cm³/mol. The summed E-state index contributed by atoms with van der Waals surface area (Å²) in [7, 11) is 0. The molecule has 32 heavy (non-hydrogen) atoms. The number of rotatable bonds is 5. The Morgan fingerprint density at radius 3 is 2.81 bits per heavy atom. The van der Waals surface area contributed by atoms with Crippen molar-refractivity contribution in [3.63, 3.8) is 0 Å². The van der Waals surface area contributed by atoms with Crippen LogP contribution in [0.3, 0.4) is 0 Å². The van der Waals surface area contributed by atoms with Gasteiger partial charge in [-0.3, -0.25) is 14.3 Å². The van der Waals surface area contributed by atoms with Gasteiger partial charge in [-0.2, -0.15) is 5.10 Å². The van der Waals surface area contributed by atoms with Crippen molar-refractivity contribution in [2.45, 2.75) is 51.9 Å². The Labute approximate surface area is 187 Å². The average molecular weight is 442 g/mol. The summed E-state index contributed by atoms with van der Waals surface area (Å²) >= 11 is 0. The Morgan fingerprint density at radius 1 is 1.41 bits per heavy atom. The fourth-order valence-electron chi connectivity index (χ4n) is 5.60. The molecule has 0 aromatic carbocycles. The minimum atomic E-state index is -0.250. The molecule has 1 amide bonds. The summed E-state index contributed by atoms with van der Waals surface area (Å²) in [4.78, 5) is 26.9. The number of anilines is 1. The van der Waals surface area contributed by atoms with Crippen LogP contribution in [-0.4, -0.2) is 63.6 Å². The molecular weight excluding hydrogens is 410 g/mol. The molecule has 3 aliphatic rings. The molecule has 9 nitrogen and oxygen atoms in total. The molecule has 3 saturated heterocycles. The second-order valence-electron chi connectivity index (χ2n) is 9.06. The SMILES string of the molecule is CC(=O)NC[C@H]1[C@H]2CN(c3ccc(Cn4nc(C)cc4C)cn3)C[C@]23CC[C@H]1O3.O=CO. The van der Waals surface area contributed by atoms with Crippen LogP contribution in [0.15, 0.2) is 24.4 Å². The topological polar surface area (TPSA) is 110 Å². The summed E-state index contributed by atoms with van der Waals surface area (Å²) in [6.07, 6.45) is 4.48. The minimum Gasteiger partial charge on any atom is -0.483 e. The number of ether oxygens (including phenoxy) is 1. The van der Waals surface area contributed by atoms with E-state index < -0.39 is 0 Å². The van der Waals surface area contributed by atoms with E-state index in [1.165, 1.54) is 0 Å². The van der Waals surface area contributed by atoms with Crippen LogP contribution in [-0.2, 0) is 20.9 Å². The molecule has 3 fully saturated rings. The van der Waals surface area contributed by atoms with Crippen LogP contribution in [0.1, 0.15) is 36.7 Å². The first kappa shape index (κ1) is 22.3. The highest BCUT2D eigenvalue weighted by Crippen LogP contribution is 2.55. The van der Waals surface area contributed by atoms with Crippen LogP contribution in [0, 0.1) is 25.7 Å². The lowest BCUT2D eigenvalue weighted by Crippen LogP contribution is -2.41. The van der Waals surface area contributed by atoms with Gasteiger partial charge in [0.2, 0.25) is 5.91 Å². The molecule has 5 rings (SSSR count). The molecule has 5 heterocycles. The van der Waals surface area contributed by atoms with Crippen molar-refractivity contribution < 1.29 is 19.4 Å². The Kier molecular flexibility index (Phi) is 6.19. The highest BCUT2D eigenvalue weighted by Gasteiger charge is 2.63. The number of hydrogen-bond donors (Lipinski definition) is 2. The lowest BCUT2D eigenvalue weighted by molar-refractivity contribution is -0.123. The van der Waals surface area contributed by atoms with E-state index in [2.05, 4.69) is 40.4 Å².